The molecule has 1 aliphatic heterocycles. The highest BCUT2D eigenvalue weighted by molar-refractivity contribution is 6.99. The molecule has 1 fully saturated rings. The van der Waals surface area contributed by atoms with Gasteiger partial charge in [0.2, 0.25) is 0 Å². The quantitative estimate of drug-likeness (QED) is 0.213. The minimum atomic E-state index is -2.79. The van der Waals surface area contributed by atoms with Gasteiger partial charge in [0.05, 0.1) is 19.3 Å². The van der Waals surface area contributed by atoms with E-state index < -0.39 is 20.2 Å². The van der Waals surface area contributed by atoms with Crippen LogP contribution in [0.25, 0.3) is 0 Å². The van der Waals surface area contributed by atoms with Gasteiger partial charge in [0.15, 0.2) is 0 Å². The highest BCUT2D eigenvalue weighted by atomic mass is 28.4. The van der Waals surface area contributed by atoms with E-state index in [1.54, 1.807) is 17.7 Å². The predicted molar refractivity (Wildman–Crippen MR) is 185 cm³/mol. The first kappa shape index (κ1) is 33.8. The Balaban J connectivity index is 1.43. The van der Waals surface area contributed by atoms with Crippen molar-refractivity contribution in [3.8, 4) is 0 Å². The van der Waals surface area contributed by atoms with Crippen LogP contribution in [0.4, 0.5) is 0 Å². The molecule has 1 saturated heterocycles. The maximum absolute atomic E-state index is 13.7. The summed E-state index contributed by atoms with van der Waals surface area (Å²) in [6.45, 7) is 9.61. The van der Waals surface area contributed by atoms with Gasteiger partial charge in [-0.25, -0.2) is 9.36 Å². The first-order chi connectivity index (χ1) is 22.2. The predicted octanol–water partition coefficient (Wildman–Crippen LogP) is 4.71. The fraction of sp³-hybridized carbons (Fsp3) is 0.405. The molecular formula is C37H47N3O5Si. The van der Waals surface area contributed by atoms with Crippen LogP contribution < -0.4 is 27.4 Å². The summed E-state index contributed by atoms with van der Waals surface area (Å²) in [5, 5.41) is 2.23. The van der Waals surface area contributed by atoms with Crippen molar-refractivity contribution in [2.75, 3.05) is 13.2 Å². The standard InChI is InChI=1S/C37H47N3O5Si/c1-28-24-39(36(42)40(35(28)41)27-43-25-29-15-8-5-9-16-29)34-23-30(17-14-22-38)33(45-34)26-44-46(37(2,3)4,31-18-10-6-11-19-31)32-20-12-7-13-21-32/h5-13,15-16,18-21,24,30,33-34H,14,17,22-23,25-27,38H2,1-4H3/t30-,33+,34+/m0/s1. The normalized spacial score (nSPS) is 18.6. The third-order valence-corrected chi connectivity index (χ3v) is 14.0. The second-order valence-corrected chi connectivity index (χ2v) is 17.5. The van der Waals surface area contributed by atoms with Gasteiger partial charge >= 0.3 is 5.69 Å². The van der Waals surface area contributed by atoms with E-state index >= 15 is 0 Å². The molecule has 3 aromatic carbocycles. The second kappa shape index (κ2) is 14.9. The topological polar surface area (TPSA) is 97.7 Å². The van der Waals surface area contributed by atoms with Gasteiger partial charge in [0.25, 0.3) is 13.9 Å². The van der Waals surface area contributed by atoms with Crippen molar-refractivity contribution in [2.24, 2.45) is 11.7 Å². The molecule has 0 amide bonds. The lowest BCUT2D eigenvalue weighted by Crippen LogP contribution is -2.67. The van der Waals surface area contributed by atoms with Gasteiger partial charge in [-0.15, -0.1) is 0 Å². The minimum Gasteiger partial charge on any atom is -0.405 e. The summed E-state index contributed by atoms with van der Waals surface area (Å²) in [5.41, 5.74) is 6.56. The second-order valence-electron chi connectivity index (χ2n) is 13.2. The minimum absolute atomic E-state index is 0.133. The van der Waals surface area contributed by atoms with Gasteiger partial charge in [0.1, 0.15) is 13.0 Å². The number of rotatable bonds is 13. The first-order valence-electron chi connectivity index (χ1n) is 16.2. The van der Waals surface area contributed by atoms with Gasteiger partial charge in [-0.1, -0.05) is 112 Å². The molecule has 8 nitrogen and oxygen atoms in total. The molecule has 3 atom stereocenters. The molecule has 2 heterocycles. The molecule has 2 N–H and O–H groups in total. The number of aryl methyl sites for hydroxylation is 1. The molecule has 1 aliphatic rings. The Hall–Kier alpha value is -3.60. The number of aromatic nitrogens is 2. The van der Waals surface area contributed by atoms with E-state index in [2.05, 4.69) is 69.3 Å². The molecule has 46 heavy (non-hydrogen) atoms. The van der Waals surface area contributed by atoms with Crippen LogP contribution in [0.2, 0.25) is 5.04 Å². The molecular weight excluding hydrogens is 595 g/mol. The first-order valence-corrected chi connectivity index (χ1v) is 18.1. The molecule has 0 unspecified atom stereocenters. The maximum atomic E-state index is 13.7. The Morgan fingerprint density at radius 1 is 0.913 bits per heavy atom. The van der Waals surface area contributed by atoms with Crippen molar-refractivity contribution >= 4 is 18.7 Å². The van der Waals surface area contributed by atoms with Crippen LogP contribution in [0.15, 0.2) is 107 Å². The zero-order chi connectivity index (χ0) is 32.7. The summed E-state index contributed by atoms with van der Waals surface area (Å²) in [6, 6.07) is 30.8. The molecule has 0 saturated carbocycles. The van der Waals surface area contributed by atoms with E-state index in [9.17, 15) is 9.59 Å². The van der Waals surface area contributed by atoms with Gasteiger partial charge in [0, 0.05) is 11.8 Å². The summed E-state index contributed by atoms with van der Waals surface area (Å²) in [4.78, 5) is 26.8. The summed E-state index contributed by atoms with van der Waals surface area (Å²) >= 11 is 0. The molecule has 244 valence electrons. The fourth-order valence-electron chi connectivity index (χ4n) is 6.69. The van der Waals surface area contributed by atoms with Gasteiger partial charge in [-0.05, 0) is 59.6 Å². The summed E-state index contributed by atoms with van der Waals surface area (Å²) in [5.74, 6) is 0.133. The average Bonchev–Trinajstić information content (AvgIpc) is 3.47. The molecule has 0 aliphatic carbocycles. The van der Waals surface area contributed by atoms with Gasteiger partial charge in [-0.2, -0.15) is 0 Å². The molecule has 1 aromatic heterocycles. The Kier molecular flexibility index (Phi) is 10.9. The third kappa shape index (κ3) is 7.19. The average molecular weight is 642 g/mol. The van der Waals surface area contributed by atoms with Crippen LogP contribution in [0.1, 0.15) is 57.4 Å². The maximum Gasteiger partial charge on any atom is 0.335 e. The Morgan fingerprint density at radius 3 is 2.07 bits per heavy atom. The number of hydrogen-bond donors (Lipinski definition) is 1. The molecule has 9 heteroatoms. The van der Waals surface area contributed by atoms with E-state index in [0.29, 0.717) is 31.7 Å². The van der Waals surface area contributed by atoms with Crippen molar-refractivity contribution in [1.82, 2.24) is 9.13 Å². The van der Waals surface area contributed by atoms with Crippen LogP contribution in [0, 0.1) is 12.8 Å². The van der Waals surface area contributed by atoms with Gasteiger partial charge < -0.3 is 19.6 Å². The lowest BCUT2D eigenvalue weighted by molar-refractivity contribution is -0.0320. The van der Waals surface area contributed by atoms with E-state index in [0.717, 1.165) is 23.0 Å². The number of nitrogens with two attached hydrogens (primary N) is 1. The molecule has 0 spiro atoms. The van der Waals surface area contributed by atoms with E-state index in [-0.39, 0.29) is 29.4 Å². The zero-order valence-corrected chi connectivity index (χ0v) is 28.4. The highest BCUT2D eigenvalue weighted by Crippen LogP contribution is 2.40. The van der Waals surface area contributed by atoms with Crippen LogP contribution in [-0.2, 0) is 27.2 Å². The fourth-order valence-corrected chi connectivity index (χ4v) is 11.3. The summed E-state index contributed by atoms with van der Waals surface area (Å²) in [6.07, 6.45) is 3.15. The number of ether oxygens (including phenoxy) is 2. The Bertz CT molecular complexity index is 1630. The van der Waals surface area contributed by atoms with Crippen LogP contribution in [0.5, 0.6) is 0 Å². The third-order valence-electron chi connectivity index (χ3n) is 9.03. The Labute approximate surface area is 272 Å². The molecule has 4 aromatic rings. The van der Waals surface area contributed by atoms with Crippen LogP contribution in [-0.4, -0.2) is 36.7 Å². The molecule has 5 rings (SSSR count). The summed E-state index contributed by atoms with van der Waals surface area (Å²) in [7, 11) is -2.79. The lowest BCUT2D eigenvalue weighted by Gasteiger charge is -2.43. The number of nitrogens with zero attached hydrogens (tertiary/aromatic N) is 2. The molecule has 0 radical (unpaired) electrons. The van der Waals surface area contributed by atoms with Gasteiger partial charge in [-0.3, -0.25) is 9.36 Å². The monoisotopic (exact) mass is 641 g/mol. The Morgan fingerprint density at radius 2 is 1.50 bits per heavy atom. The van der Waals surface area contributed by atoms with Crippen molar-refractivity contribution < 1.29 is 13.9 Å². The zero-order valence-electron chi connectivity index (χ0n) is 27.4. The van der Waals surface area contributed by atoms with E-state index in [1.165, 1.54) is 10.4 Å². The largest absolute Gasteiger partial charge is 0.405 e. The number of hydrogen-bond acceptors (Lipinski definition) is 6. The summed E-state index contributed by atoms with van der Waals surface area (Å²) < 4.78 is 22.5. The van der Waals surface area contributed by atoms with Crippen LogP contribution >= 0.6 is 0 Å². The number of benzene rings is 3. The van der Waals surface area contributed by atoms with Crippen molar-refractivity contribution in [1.29, 1.82) is 0 Å². The highest BCUT2D eigenvalue weighted by Gasteiger charge is 2.51. The van der Waals surface area contributed by atoms with Crippen molar-refractivity contribution in [2.45, 2.75) is 77.7 Å². The molecule has 0 bridgehead atoms. The van der Waals surface area contributed by atoms with E-state index in [4.69, 9.17) is 19.6 Å². The van der Waals surface area contributed by atoms with Crippen molar-refractivity contribution in [3.63, 3.8) is 0 Å². The van der Waals surface area contributed by atoms with Crippen molar-refractivity contribution in [3.05, 3.63) is 129 Å². The lowest BCUT2D eigenvalue weighted by atomic mass is 9.95. The SMILES string of the molecule is Cc1cn([C@H]2C[C@H](CCCN)[C@@H](CO[Si](c3ccccc3)(c3ccccc3)C(C)(C)C)O2)c(=O)n(COCc2ccccc2)c1=O. The van der Waals surface area contributed by atoms with Crippen LogP contribution in [0.3, 0.4) is 0 Å². The van der Waals surface area contributed by atoms with E-state index in [1.807, 2.05) is 42.5 Å². The smallest absolute Gasteiger partial charge is 0.335 e.